The van der Waals surface area contributed by atoms with Crippen molar-refractivity contribution in [3.63, 3.8) is 0 Å². The minimum atomic E-state index is -0.543. The molecule has 2 aromatic carbocycles. The molecule has 0 saturated heterocycles. The number of hydrogen-bond donors (Lipinski definition) is 1. The number of carbonyl (C=O) groups is 2. The van der Waals surface area contributed by atoms with E-state index in [0.29, 0.717) is 29.1 Å². The van der Waals surface area contributed by atoms with Crippen LogP contribution in [0.15, 0.2) is 54.7 Å². The van der Waals surface area contributed by atoms with E-state index in [-0.39, 0.29) is 37.8 Å². The first kappa shape index (κ1) is 28.0. The third kappa shape index (κ3) is 7.45. The zero-order chi connectivity index (χ0) is 27.2. The number of nitrogens with zero attached hydrogens (tertiary/aromatic N) is 3. The van der Waals surface area contributed by atoms with Crippen LogP contribution in [0.4, 0.5) is 8.78 Å². The highest BCUT2D eigenvalue weighted by molar-refractivity contribution is 5.78. The van der Waals surface area contributed by atoms with Crippen molar-refractivity contribution in [1.29, 1.82) is 0 Å². The van der Waals surface area contributed by atoms with Gasteiger partial charge in [0.2, 0.25) is 11.8 Å². The Morgan fingerprint density at radius 3 is 2.38 bits per heavy atom. The molecular formula is C28H34F2N4O3. The van der Waals surface area contributed by atoms with Crippen molar-refractivity contribution in [2.75, 3.05) is 20.3 Å². The van der Waals surface area contributed by atoms with E-state index < -0.39 is 23.2 Å². The average Bonchev–Trinajstić information content (AvgIpc) is 3.20. The lowest BCUT2D eigenvalue weighted by Gasteiger charge is -2.40. The largest absolute Gasteiger partial charge is 0.375 e. The van der Waals surface area contributed by atoms with Crippen LogP contribution < -0.4 is 5.73 Å². The molecule has 2 N–H and O–H groups in total. The lowest BCUT2D eigenvalue weighted by atomic mass is 9.84. The Labute approximate surface area is 216 Å². The van der Waals surface area contributed by atoms with Crippen molar-refractivity contribution in [3.05, 3.63) is 77.8 Å². The van der Waals surface area contributed by atoms with Gasteiger partial charge >= 0.3 is 0 Å². The lowest BCUT2D eigenvalue weighted by molar-refractivity contribution is -0.141. The molecule has 7 nitrogen and oxygen atoms in total. The lowest BCUT2D eigenvalue weighted by Crippen LogP contribution is -2.44. The number of methoxy groups -OCH3 is 1. The molecule has 198 valence electrons. The molecule has 0 spiro atoms. The van der Waals surface area contributed by atoms with Gasteiger partial charge < -0.3 is 19.9 Å². The minimum absolute atomic E-state index is 0.125. The van der Waals surface area contributed by atoms with E-state index in [1.54, 1.807) is 29.3 Å². The zero-order valence-corrected chi connectivity index (χ0v) is 21.7. The molecule has 2 amide bonds. The zero-order valence-electron chi connectivity index (χ0n) is 21.7. The second-order valence-corrected chi connectivity index (χ2v) is 10.1. The number of rotatable bonds is 11. The van der Waals surface area contributed by atoms with Crippen molar-refractivity contribution >= 4 is 11.8 Å². The van der Waals surface area contributed by atoms with Crippen LogP contribution in [-0.2, 0) is 20.9 Å². The number of primary amides is 1. The molecule has 3 rings (SSSR count). The van der Waals surface area contributed by atoms with Crippen molar-refractivity contribution < 1.29 is 23.1 Å². The number of aromatic nitrogens is 2. The Morgan fingerprint density at radius 1 is 1.11 bits per heavy atom. The molecule has 1 heterocycles. The minimum Gasteiger partial charge on any atom is -0.375 e. The second-order valence-electron chi connectivity index (χ2n) is 10.1. The van der Waals surface area contributed by atoms with Gasteiger partial charge in [-0.25, -0.2) is 13.8 Å². The monoisotopic (exact) mass is 512 g/mol. The first-order chi connectivity index (χ1) is 17.5. The van der Waals surface area contributed by atoms with E-state index in [1.165, 1.54) is 31.4 Å². The van der Waals surface area contributed by atoms with Gasteiger partial charge in [0.15, 0.2) is 0 Å². The van der Waals surface area contributed by atoms with Crippen LogP contribution in [-0.4, -0.2) is 46.5 Å². The standard InChI is InChI=1S/C28H34F2N4O3/c1-28(2,3)26(34(25(36)18-37-4)13-7-12-24(31)35)27-32-23(20-9-6-11-22(30)15-20)17-33(27)16-19-8-5-10-21(29)14-19/h5-6,8-11,14-15,17,26H,7,12-13,16,18H2,1-4H3,(H2,31,35)/t26-/m0/s1. The molecule has 0 unspecified atom stereocenters. The summed E-state index contributed by atoms with van der Waals surface area (Å²) in [4.78, 5) is 31.2. The number of imidazole rings is 1. The van der Waals surface area contributed by atoms with E-state index in [0.717, 1.165) is 0 Å². The van der Waals surface area contributed by atoms with Crippen molar-refractivity contribution in [3.8, 4) is 11.3 Å². The summed E-state index contributed by atoms with van der Waals surface area (Å²) in [5.74, 6) is -0.916. The molecule has 0 saturated carbocycles. The van der Waals surface area contributed by atoms with Crippen LogP contribution in [0.2, 0.25) is 0 Å². The van der Waals surface area contributed by atoms with Gasteiger partial charge in [-0.15, -0.1) is 0 Å². The fraction of sp³-hybridized carbons (Fsp3) is 0.393. The molecule has 1 aromatic heterocycles. The van der Waals surface area contributed by atoms with Crippen LogP contribution in [0.3, 0.4) is 0 Å². The van der Waals surface area contributed by atoms with Crippen LogP contribution in [0.1, 0.15) is 51.0 Å². The van der Waals surface area contributed by atoms with Gasteiger partial charge in [-0.05, 0) is 41.7 Å². The topological polar surface area (TPSA) is 90.4 Å². The maximum absolute atomic E-state index is 14.0. The number of benzene rings is 2. The Hall–Kier alpha value is -3.59. The predicted octanol–water partition coefficient (Wildman–Crippen LogP) is 4.70. The third-order valence-electron chi connectivity index (χ3n) is 5.96. The Bertz CT molecular complexity index is 1240. The molecular weight excluding hydrogens is 478 g/mol. The predicted molar refractivity (Wildman–Crippen MR) is 137 cm³/mol. The molecule has 1 atom stereocenters. The third-order valence-corrected chi connectivity index (χ3v) is 5.96. The number of hydrogen-bond acceptors (Lipinski definition) is 4. The molecule has 37 heavy (non-hydrogen) atoms. The van der Waals surface area contributed by atoms with Gasteiger partial charge in [0.05, 0.1) is 11.7 Å². The number of halogens is 2. The number of amides is 2. The van der Waals surface area contributed by atoms with Crippen LogP contribution in [0.25, 0.3) is 11.3 Å². The maximum Gasteiger partial charge on any atom is 0.249 e. The van der Waals surface area contributed by atoms with E-state index in [4.69, 9.17) is 15.5 Å². The summed E-state index contributed by atoms with van der Waals surface area (Å²) in [5.41, 5.74) is 6.66. The maximum atomic E-state index is 14.0. The van der Waals surface area contributed by atoms with Gasteiger partial charge in [-0.1, -0.05) is 45.0 Å². The highest BCUT2D eigenvalue weighted by Crippen LogP contribution is 2.39. The summed E-state index contributed by atoms with van der Waals surface area (Å²) in [7, 11) is 1.44. The summed E-state index contributed by atoms with van der Waals surface area (Å²) < 4.78 is 35.0. The molecule has 0 radical (unpaired) electrons. The Morgan fingerprint density at radius 2 is 1.78 bits per heavy atom. The molecule has 9 heteroatoms. The normalized spacial score (nSPS) is 12.4. The fourth-order valence-corrected chi connectivity index (χ4v) is 4.42. The Balaban J connectivity index is 2.16. The van der Waals surface area contributed by atoms with Gasteiger partial charge in [-0.2, -0.15) is 0 Å². The summed E-state index contributed by atoms with van der Waals surface area (Å²) >= 11 is 0. The SMILES string of the molecule is COCC(=O)N(CCCC(N)=O)[C@@H](c1nc(-c2cccc(F)c2)cn1Cc1cccc(F)c1)C(C)(C)C. The second kappa shape index (κ2) is 12.1. The molecule has 0 aliphatic heterocycles. The van der Waals surface area contributed by atoms with Crippen LogP contribution >= 0.6 is 0 Å². The van der Waals surface area contributed by atoms with Gasteiger partial charge in [0, 0.05) is 38.4 Å². The van der Waals surface area contributed by atoms with E-state index in [9.17, 15) is 18.4 Å². The molecule has 0 bridgehead atoms. The summed E-state index contributed by atoms with van der Waals surface area (Å²) in [6.07, 6.45) is 2.29. The van der Waals surface area contributed by atoms with Crippen molar-refractivity contribution in [1.82, 2.24) is 14.5 Å². The molecule has 0 aliphatic carbocycles. The summed E-state index contributed by atoms with van der Waals surface area (Å²) in [5, 5.41) is 0. The Kier molecular flexibility index (Phi) is 9.15. The highest BCUT2D eigenvalue weighted by Gasteiger charge is 2.38. The number of carbonyl (C=O) groups excluding carboxylic acids is 2. The van der Waals surface area contributed by atoms with E-state index >= 15 is 0 Å². The molecule has 3 aromatic rings. The van der Waals surface area contributed by atoms with Crippen LogP contribution in [0, 0.1) is 17.0 Å². The highest BCUT2D eigenvalue weighted by atomic mass is 19.1. The van der Waals surface area contributed by atoms with Gasteiger partial charge in [0.1, 0.15) is 24.1 Å². The van der Waals surface area contributed by atoms with Gasteiger partial charge in [0.25, 0.3) is 0 Å². The number of ether oxygens (including phenoxy) is 1. The smallest absolute Gasteiger partial charge is 0.249 e. The van der Waals surface area contributed by atoms with Crippen molar-refractivity contribution in [2.24, 2.45) is 11.1 Å². The molecule has 0 fully saturated rings. The quantitative estimate of drug-likeness (QED) is 0.403. The van der Waals surface area contributed by atoms with Crippen LogP contribution in [0.5, 0.6) is 0 Å². The van der Waals surface area contributed by atoms with Crippen molar-refractivity contribution in [2.45, 2.75) is 46.2 Å². The first-order valence-corrected chi connectivity index (χ1v) is 12.1. The summed E-state index contributed by atoms with van der Waals surface area (Å²) in [6.45, 7) is 6.36. The van der Waals surface area contributed by atoms with E-state index in [1.807, 2.05) is 31.4 Å². The first-order valence-electron chi connectivity index (χ1n) is 12.1. The number of nitrogens with two attached hydrogens (primary N) is 1. The molecule has 0 aliphatic rings. The fourth-order valence-electron chi connectivity index (χ4n) is 4.42. The average molecular weight is 513 g/mol. The van der Waals surface area contributed by atoms with Gasteiger partial charge in [-0.3, -0.25) is 9.59 Å². The van der Waals surface area contributed by atoms with E-state index in [2.05, 4.69) is 0 Å². The summed E-state index contributed by atoms with van der Waals surface area (Å²) in [6, 6.07) is 11.8.